The summed E-state index contributed by atoms with van der Waals surface area (Å²) in [6, 6.07) is 2.93. The second-order valence-electron chi connectivity index (χ2n) is 5.98. The number of nitrogens with zero attached hydrogens (tertiary/aromatic N) is 2. The van der Waals surface area contributed by atoms with Gasteiger partial charge >= 0.3 is 0 Å². The summed E-state index contributed by atoms with van der Waals surface area (Å²) >= 11 is 0. The highest BCUT2D eigenvalue weighted by Crippen LogP contribution is 2.24. The molecular formula is C14H27N3. The lowest BCUT2D eigenvalue weighted by molar-refractivity contribution is 0.202. The molecule has 2 unspecified atom stereocenters. The number of nitrogens with two attached hydrogens (primary N) is 1. The fourth-order valence-electron chi connectivity index (χ4n) is 2.75. The van der Waals surface area contributed by atoms with E-state index < -0.39 is 5.54 Å². The Balaban J connectivity index is 2.21. The van der Waals surface area contributed by atoms with Gasteiger partial charge in [0.25, 0.3) is 0 Å². The first-order valence-corrected chi connectivity index (χ1v) is 6.90. The van der Waals surface area contributed by atoms with Crippen LogP contribution in [0.1, 0.15) is 52.9 Å². The predicted octanol–water partition coefficient (Wildman–Crippen LogP) is 2.52. The third-order valence-electron chi connectivity index (χ3n) is 3.83. The number of likely N-dealkylation sites (tertiary alicyclic amines) is 1. The van der Waals surface area contributed by atoms with Crippen LogP contribution in [-0.2, 0) is 0 Å². The van der Waals surface area contributed by atoms with Crippen molar-refractivity contribution in [2.24, 2.45) is 11.7 Å². The molecule has 0 bridgehead atoms. The highest BCUT2D eigenvalue weighted by molar-refractivity contribution is 5.00. The molecule has 98 valence electrons. The summed E-state index contributed by atoms with van der Waals surface area (Å²) in [6.07, 6.45) is 5.73. The van der Waals surface area contributed by atoms with Crippen molar-refractivity contribution in [3.63, 3.8) is 0 Å². The molecule has 1 heterocycles. The smallest absolute Gasteiger partial charge is 0.101 e. The molecule has 3 heteroatoms. The molecule has 0 aromatic carbocycles. The molecule has 1 aliphatic rings. The van der Waals surface area contributed by atoms with E-state index in [1.165, 1.54) is 25.9 Å². The Morgan fingerprint density at radius 2 is 2.18 bits per heavy atom. The first-order valence-electron chi connectivity index (χ1n) is 6.90. The van der Waals surface area contributed by atoms with Crippen molar-refractivity contribution in [3.05, 3.63) is 0 Å². The molecule has 1 rings (SSSR count). The third kappa shape index (κ3) is 4.65. The molecule has 0 aromatic rings. The summed E-state index contributed by atoms with van der Waals surface area (Å²) in [4.78, 5) is 2.62. The SMILES string of the molecule is CC(C)C1CCCN1CCCCC(C)(N)C#N. The molecular weight excluding hydrogens is 210 g/mol. The van der Waals surface area contributed by atoms with Crippen LogP contribution in [0, 0.1) is 17.2 Å². The van der Waals surface area contributed by atoms with Crippen molar-refractivity contribution in [1.82, 2.24) is 4.90 Å². The van der Waals surface area contributed by atoms with Crippen molar-refractivity contribution in [1.29, 1.82) is 5.26 Å². The fraction of sp³-hybridized carbons (Fsp3) is 0.929. The van der Waals surface area contributed by atoms with Crippen LogP contribution in [0.25, 0.3) is 0 Å². The van der Waals surface area contributed by atoms with Gasteiger partial charge in [-0.3, -0.25) is 0 Å². The largest absolute Gasteiger partial charge is 0.314 e. The summed E-state index contributed by atoms with van der Waals surface area (Å²) in [7, 11) is 0. The van der Waals surface area contributed by atoms with Crippen molar-refractivity contribution in [2.45, 2.75) is 64.5 Å². The summed E-state index contributed by atoms with van der Waals surface area (Å²) in [5.74, 6) is 0.761. The maximum Gasteiger partial charge on any atom is 0.101 e. The number of unbranched alkanes of at least 4 members (excludes halogenated alkanes) is 1. The molecule has 17 heavy (non-hydrogen) atoms. The van der Waals surface area contributed by atoms with E-state index in [0.717, 1.165) is 31.2 Å². The van der Waals surface area contributed by atoms with Crippen LogP contribution in [0.2, 0.25) is 0 Å². The second-order valence-corrected chi connectivity index (χ2v) is 5.98. The van der Waals surface area contributed by atoms with Gasteiger partial charge < -0.3 is 10.6 Å². The molecule has 0 radical (unpaired) electrons. The first-order chi connectivity index (χ1) is 7.96. The minimum absolute atomic E-state index is 0.636. The van der Waals surface area contributed by atoms with E-state index in [9.17, 15) is 0 Å². The molecule has 3 nitrogen and oxygen atoms in total. The average molecular weight is 237 g/mol. The van der Waals surface area contributed by atoms with Gasteiger partial charge in [-0.25, -0.2) is 0 Å². The minimum Gasteiger partial charge on any atom is -0.314 e. The van der Waals surface area contributed by atoms with Gasteiger partial charge in [0, 0.05) is 6.04 Å². The minimum atomic E-state index is -0.636. The van der Waals surface area contributed by atoms with Crippen LogP contribution in [0.4, 0.5) is 0 Å². The Hall–Kier alpha value is -0.590. The molecule has 2 N–H and O–H groups in total. The Labute approximate surface area is 106 Å². The fourth-order valence-corrected chi connectivity index (χ4v) is 2.75. The van der Waals surface area contributed by atoms with Gasteiger partial charge in [0.1, 0.15) is 5.54 Å². The van der Waals surface area contributed by atoms with Gasteiger partial charge in [-0.05, 0) is 58.0 Å². The summed E-state index contributed by atoms with van der Waals surface area (Å²) < 4.78 is 0. The van der Waals surface area contributed by atoms with Gasteiger partial charge in [-0.2, -0.15) is 5.26 Å². The van der Waals surface area contributed by atoms with Crippen LogP contribution in [0.15, 0.2) is 0 Å². The van der Waals surface area contributed by atoms with E-state index in [4.69, 9.17) is 11.0 Å². The lowest BCUT2D eigenvalue weighted by atomic mass is 9.97. The topological polar surface area (TPSA) is 53.0 Å². The lowest BCUT2D eigenvalue weighted by Gasteiger charge is -2.27. The van der Waals surface area contributed by atoms with E-state index in [1.807, 2.05) is 6.92 Å². The number of hydrogen-bond acceptors (Lipinski definition) is 3. The van der Waals surface area contributed by atoms with Gasteiger partial charge in [-0.1, -0.05) is 13.8 Å². The Bertz CT molecular complexity index is 265. The number of rotatable bonds is 6. The molecule has 0 amide bonds. The average Bonchev–Trinajstić information content (AvgIpc) is 2.73. The molecule has 0 aliphatic carbocycles. The molecule has 1 fully saturated rings. The number of nitriles is 1. The zero-order valence-corrected chi connectivity index (χ0v) is 11.6. The van der Waals surface area contributed by atoms with Crippen LogP contribution in [0.3, 0.4) is 0 Å². The van der Waals surface area contributed by atoms with Crippen molar-refractivity contribution < 1.29 is 0 Å². The quantitative estimate of drug-likeness (QED) is 0.722. The normalized spacial score (nSPS) is 24.8. The molecule has 0 saturated carbocycles. The highest BCUT2D eigenvalue weighted by Gasteiger charge is 2.26. The highest BCUT2D eigenvalue weighted by atomic mass is 15.2. The Morgan fingerprint density at radius 1 is 1.47 bits per heavy atom. The molecule has 1 aliphatic heterocycles. The van der Waals surface area contributed by atoms with Crippen LogP contribution in [0.5, 0.6) is 0 Å². The Kier molecular flexibility index (Phi) is 5.42. The zero-order valence-electron chi connectivity index (χ0n) is 11.6. The van der Waals surface area contributed by atoms with E-state index in [1.54, 1.807) is 0 Å². The maximum atomic E-state index is 8.83. The van der Waals surface area contributed by atoms with Crippen LogP contribution < -0.4 is 5.73 Å². The van der Waals surface area contributed by atoms with E-state index >= 15 is 0 Å². The molecule has 0 aromatic heterocycles. The Morgan fingerprint density at radius 3 is 2.76 bits per heavy atom. The predicted molar refractivity (Wildman–Crippen MR) is 71.5 cm³/mol. The van der Waals surface area contributed by atoms with Gasteiger partial charge in [0.05, 0.1) is 6.07 Å². The van der Waals surface area contributed by atoms with Crippen molar-refractivity contribution in [2.75, 3.05) is 13.1 Å². The molecule has 1 saturated heterocycles. The van der Waals surface area contributed by atoms with Gasteiger partial charge in [0.2, 0.25) is 0 Å². The van der Waals surface area contributed by atoms with E-state index in [2.05, 4.69) is 24.8 Å². The summed E-state index contributed by atoms with van der Waals surface area (Å²) in [6.45, 7) is 8.87. The third-order valence-corrected chi connectivity index (χ3v) is 3.83. The number of hydrogen-bond donors (Lipinski definition) is 1. The standard InChI is InChI=1S/C14H27N3/c1-12(2)13-7-6-10-17(13)9-5-4-8-14(3,16)11-15/h12-13H,4-10,16H2,1-3H3. The molecule has 2 atom stereocenters. The second kappa shape index (κ2) is 6.37. The maximum absolute atomic E-state index is 8.83. The zero-order chi connectivity index (χ0) is 12.9. The monoisotopic (exact) mass is 237 g/mol. The summed E-state index contributed by atoms with van der Waals surface area (Å²) in [5, 5.41) is 8.83. The van der Waals surface area contributed by atoms with E-state index in [-0.39, 0.29) is 0 Å². The van der Waals surface area contributed by atoms with Crippen molar-refractivity contribution >= 4 is 0 Å². The van der Waals surface area contributed by atoms with Crippen molar-refractivity contribution in [3.8, 4) is 6.07 Å². The first kappa shape index (κ1) is 14.5. The summed E-state index contributed by atoms with van der Waals surface area (Å²) in [5.41, 5.74) is 5.17. The molecule has 0 spiro atoms. The van der Waals surface area contributed by atoms with Gasteiger partial charge in [-0.15, -0.1) is 0 Å². The van der Waals surface area contributed by atoms with Gasteiger partial charge in [0.15, 0.2) is 0 Å². The van der Waals surface area contributed by atoms with E-state index in [0.29, 0.717) is 0 Å². The van der Waals surface area contributed by atoms with Crippen LogP contribution in [-0.4, -0.2) is 29.6 Å². The van der Waals surface area contributed by atoms with Crippen LogP contribution >= 0.6 is 0 Å². The lowest BCUT2D eigenvalue weighted by Crippen LogP contribution is -2.35.